The van der Waals surface area contributed by atoms with Gasteiger partial charge in [-0.15, -0.1) is 0 Å². The lowest BCUT2D eigenvalue weighted by Crippen LogP contribution is -2.13. The molecule has 0 fully saturated rings. The van der Waals surface area contributed by atoms with Crippen LogP contribution >= 0.6 is 15.9 Å². The zero-order chi connectivity index (χ0) is 14.4. The highest BCUT2D eigenvalue weighted by molar-refractivity contribution is 9.10. The Morgan fingerprint density at radius 3 is 2.65 bits per heavy atom. The van der Waals surface area contributed by atoms with E-state index in [1.54, 1.807) is 18.2 Å². The second-order valence-electron chi connectivity index (χ2n) is 3.99. The zero-order valence-electron chi connectivity index (χ0n) is 10.5. The molecule has 2 aromatic rings. The van der Waals surface area contributed by atoms with Crippen LogP contribution in [0.5, 0.6) is 0 Å². The first-order chi connectivity index (χ1) is 9.69. The summed E-state index contributed by atoms with van der Waals surface area (Å²) in [6.45, 7) is 0.212. The number of rotatable bonds is 3. The average Bonchev–Trinajstić information content (AvgIpc) is 2.46. The number of carbonyl (C=O) groups is 1. The van der Waals surface area contributed by atoms with Crippen molar-refractivity contribution < 1.29 is 9.53 Å². The molecule has 0 spiro atoms. The van der Waals surface area contributed by atoms with Gasteiger partial charge in [-0.1, -0.05) is 30.3 Å². The molecule has 0 aromatic heterocycles. The van der Waals surface area contributed by atoms with Crippen LogP contribution in [-0.4, -0.2) is 6.09 Å². The van der Waals surface area contributed by atoms with E-state index >= 15 is 0 Å². The molecule has 0 aliphatic rings. The Kier molecular flexibility index (Phi) is 4.75. The van der Waals surface area contributed by atoms with Crippen molar-refractivity contribution in [2.24, 2.45) is 0 Å². The number of nitrogens with one attached hydrogen (secondary N) is 1. The van der Waals surface area contributed by atoms with Crippen molar-refractivity contribution in [2.75, 3.05) is 5.32 Å². The molecule has 0 radical (unpaired) electrons. The first kappa shape index (κ1) is 14.1. The molecule has 1 amide bonds. The third-order valence-electron chi connectivity index (χ3n) is 2.55. The molecule has 0 aliphatic heterocycles. The fraction of sp³-hybridized carbons (Fsp3) is 0.0667. The van der Waals surface area contributed by atoms with Gasteiger partial charge < -0.3 is 4.74 Å². The Labute approximate surface area is 125 Å². The van der Waals surface area contributed by atoms with E-state index in [0.717, 1.165) is 5.56 Å². The molecular weight excluding hydrogens is 320 g/mol. The summed E-state index contributed by atoms with van der Waals surface area (Å²) >= 11 is 3.26. The van der Waals surface area contributed by atoms with Crippen LogP contribution in [0.1, 0.15) is 11.1 Å². The summed E-state index contributed by atoms with van der Waals surface area (Å²) < 4.78 is 5.72. The van der Waals surface area contributed by atoms with Crippen molar-refractivity contribution in [1.82, 2.24) is 0 Å². The SMILES string of the molecule is N#Cc1ccc(NC(=O)OCc2ccccc2)cc1Br. The van der Waals surface area contributed by atoms with Gasteiger partial charge in [0.2, 0.25) is 0 Å². The van der Waals surface area contributed by atoms with Crippen molar-refractivity contribution >= 4 is 27.7 Å². The summed E-state index contributed by atoms with van der Waals surface area (Å²) in [5.41, 5.74) is 1.99. The predicted octanol–water partition coefficient (Wildman–Crippen LogP) is 4.07. The lowest BCUT2D eigenvalue weighted by atomic mass is 10.2. The van der Waals surface area contributed by atoms with Crippen LogP contribution in [0.15, 0.2) is 53.0 Å². The van der Waals surface area contributed by atoms with Gasteiger partial charge in [-0.05, 0) is 39.7 Å². The lowest BCUT2D eigenvalue weighted by molar-refractivity contribution is 0.155. The van der Waals surface area contributed by atoms with E-state index in [1.165, 1.54) is 0 Å². The fourth-order valence-corrected chi connectivity index (χ4v) is 2.03. The molecule has 0 unspecified atom stereocenters. The van der Waals surface area contributed by atoms with Gasteiger partial charge in [0.15, 0.2) is 0 Å². The summed E-state index contributed by atoms with van der Waals surface area (Å²) in [4.78, 5) is 11.6. The first-order valence-electron chi connectivity index (χ1n) is 5.86. The molecule has 100 valence electrons. The standard InChI is InChI=1S/C15H11BrN2O2/c16-14-8-13(7-6-12(14)9-17)18-15(19)20-10-11-4-2-1-3-5-11/h1-8H,10H2,(H,18,19). The predicted molar refractivity (Wildman–Crippen MR) is 79.1 cm³/mol. The van der Waals surface area contributed by atoms with Crippen LogP contribution in [0.4, 0.5) is 10.5 Å². The van der Waals surface area contributed by atoms with Crippen LogP contribution in [0.2, 0.25) is 0 Å². The van der Waals surface area contributed by atoms with Crippen molar-refractivity contribution in [3.8, 4) is 6.07 Å². The minimum absolute atomic E-state index is 0.212. The molecule has 2 rings (SSSR count). The van der Waals surface area contributed by atoms with Gasteiger partial charge in [0.1, 0.15) is 12.7 Å². The molecule has 0 heterocycles. The molecule has 2 aromatic carbocycles. The van der Waals surface area contributed by atoms with Gasteiger partial charge in [-0.3, -0.25) is 5.32 Å². The number of anilines is 1. The average molecular weight is 331 g/mol. The number of hydrogen-bond donors (Lipinski definition) is 1. The van der Waals surface area contributed by atoms with E-state index < -0.39 is 6.09 Å². The number of nitriles is 1. The monoisotopic (exact) mass is 330 g/mol. The Bertz CT molecular complexity index is 651. The smallest absolute Gasteiger partial charge is 0.411 e. The number of carbonyl (C=O) groups excluding carboxylic acids is 1. The lowest BCUT2D eigenvalue weighted by Gasteiger charge is -2.07. The Hall–Kier alpha value is -2.32. The first-order valence-corrected chi connectivity index (χ1v) is 6.65. The fourth-order valence-electron chi connectivity index (χ4n) is 1.56. The molecule has 20 heavy (non-hydrogen) atoms. The normalized spacial score (nSPS) is 9.60. The van der Waals surface area contributed by atoms with E-state index in [1.807, 2.05) is 36.4 Å². The van der Waals surface area contributed by atoms with Crippen LogP contribution < -0.4 is 5.32 Å². The van der Waals surface area contributed by atoms with Gasteiger partial charge >= 0.3 is 6.09 Å². The highest BCUT2D eigenvalue weighted by atomic mass is 79.9. The van der Waals surface area contributed by atoms with Crippen molar-refractivity contribution in [3.05, 3.63) is 64.1 Å². The topological polar surface area (TPSA) is 62.1 Å². The van der Waals surface area contributed by atoms with Gasteiger partial charge in [0.25, 0.3) is 0 Å². The molecular formula is C15H11BrN2O2. The van der Waals surface area contributed by atoms with E-state index in [4.69, 9.17) is 10.00 Å². The number of amides is 1. The van der Waals surface area contributed by atoms with Crippen LogP contribution in [0.25, 0.3) is 0 Å². The summed E-state index contributed by atoms with van der Waals surface area (Å²) in [7, 11) is 0. The quantitative estimate of drug-likeness (QED) is 0.922. The van der Waals surface area contributed by atoms with Gasteiger partial charge in [-0.25, -0.2) is 4.79 Å². The van der Waals surface area contributed by atoms with E-state index in [2.05, 4.69) is 21.2 Å². The van der Waals surface area contributed by atoms with Gasteiger partial charge in [-0.2, -0.15) is 5.26 Å². The largest absolute Gasteiger partial charge is 0.444 e. The maximum absolute atomic E-state index is 11.6. The number of halogens is 1. The van der Waals surface area contributed by atoms with E-state index in [9.17, 15) is 4.79 Å². The van der Waals surface area contributed by atoms with Crippen LogP contribution in [-0.2, 0) is 11.3 Å². The Morgan fingerprint density at radius 2 is 2.00 bits per heavy atom. The summed E-state index contributed by atoms with van der Waals surface area (Å²) in [6.07, 6.45) is -0.537. The van der Waals surface area contributed by atoms with Crippen LogP contribution in [0.3, 0.4) is 0 Å². The van der Waals surface area contributed by atoms with E-state index in [0.29, 0.717) is 15.7 Å². The molecule has 0 bridgehead atoms. The van der Waals surface area contributed by atoms with E-state index in [-0.39, 0.29) is 6.61 Å². The second kappa shape index (κ2) is 6.73. The number of ether oxygens (including phenoxy) is 1. The molecule has 0 atom stereocenters. The maximum Gasteiger partial charge on any atom is 0.411 e. The van der Waals surface area contributed by atoms with Crippen LogP contribution in [0, 0.1) is 11.3 Å². The summed E-state index contributed by atoms with van der Waals surface area (Å²) in [6, 6.07) is 16.4. The molecule has 0 aliphatic carbocycles. The second-order valence-corrected chi connectivity index (χ2v) is 4.85. The molecule has 1 N–H and O–H groups in total. The van der Waals surface area contributed by atoms with Gasteiger partial charge in [0.05, 0.1) is 5.56 Å². The zero-order valence-corrected chi connectivity index (χ0v) is 12.1. The minimum atomic E-state index is -0.537. The Balaban J connectivity index is 1.92. The summed E-state index contributed by atoms with van der Waals surface area (Å²) in [5, 5.41) is 11.4. The summed E-state index contributed by atoms with van der Waals surface area (Å²) in [5.74, 6) is 0. The number of nitrogens with zero attached hydrogens (tertiary/aromatic N) is 1. The van der Waals surface area contributed by atoms with Crippen molar-refractivity contribution in [1.29, 1.82) is 5.26 Å². The number of benzene rings is 2. The van der Waals surface area contributed by atoms with Crippen molar-refractivity contribution in [2.45, 2.75) is 6.61 Å². The molecule has 0 saturated heterocycles. The highest BCUT2D eigenvalue weighted by Gasteiger charge is 2.06. The van der Waals surface area contributed by atoms with Crippen molar-refractivity contribution in [3.63, 3.8) is 0 Å². The Morgan fingerprint density at radius 1 is 1.25 bits per heavy atom. The van der Waals surface area contributed by atoms with Gasteiger partial charge in [0, 0.05) is 10.2 Å². The minimum Gasteiger partial charge on any atom is -0.444 e. The third kappa shape index (κ3) is 3.84. The third-order valence-corrected chi connectivity index (χ3v) is 3.20. The number of hydrogen-bond acceptors (Lipinski definition) is 3. The maximum atomic E-state index is 11.6. The molecule has 0 saturated carbocycles. The highest BCUT2D eigenvalue weighted by Crippen LogP contribution is 2.21. The molecule has 4 nitrogen and oxygen atoms in total. The molecule has 5 heteroatoms.